The Balaban J connectivity index is 2.20. The molecule has 0 saturated heterocycles. The zero-order valence-corrected chi connectivity index (χ0v) is 11.7. The van der Waals surface area contributed by atoms with E-state index in [1.807, 2.05) is 0 Å². The van der Waals surface area contributed by atoms with Gasteiger partial charge in [-0.3, -0.25) is 15.5 Å². The summed E-state index contributed by atoms with van der Waals surface area (Å²) in [5.74, 6) is 6.78. The summed E-state index contributed by atoms with van der Waals surface area (Å²) < 4.78 is 0. The molecule has 1 aromatic heterocycles. The van der Waals surface area contributed by atoms with E-state index in [0.29, 0.717) is 11.8 Å². The smallest absolute Gasteiger partial charge is 0.329 e. The third-order valence-electron chi connectivity index (χ3n) is 3.85. The fourth-order valence-corrected chi connectivity index (χ4v) is 2.74. The normalized spacial score (nSPS) is 26.1. The van der Waals surface area contributed by atoms with Gasteiger partial charge in [0.2, 0.25) is 11.8 Å². The van der Waals surface area contributed by atoms with Crippen molar-refractivity contribution in [2.45, 2.75) is 39.2 Å². The lowest BCUT2D eigenvalue weighted by molar-refractivity contribution is -0.384. The monoisotopic (exact) mass is 280 g/mol. The maximum Gasteiger partial charge on any atom is 0.329 e. The Bertz CT molecular complexity index is 495. The first-order valence-corrected chi connectivity index (χ1v) is 6.75. The molecule has 8 heteroatoms. The van der Waals surface area contributed by atoms with Crippen LogP contribution in [0.4, 0.5) is 17.5 Å². The fourth-order valence-electron chi connectivity index (χ4n) is 2.74. The number of nitro groups is 1. The standard InChI is InChI=1S/C12H20N6O2/c1-7-3-4-9(8(2)5-7)15-11-10(18(19)20)6-14-12(16-11)17-13/h6-9H,3-5,13H2,1-2H3,(H2,14,15,16,17). The van der Waals surface area contributed by atoms with Crippen molar-refractivity contribution in [3.8, 4) is 0 Å². The largest absolute Gasteiger partial charge is 0.361 e. The number of aromatic nitrogens is 2. The molecule has 3 atom stereocenters. The molecule has 1 aliphatic carbocycles. The molecule has 0 aromatic carbocycles. The first-order valence-electron chi connectivity index (χ1n) is 6.75. The molecule has 0 aliphatic heterocycles. The second kappa shape index (κ2) is 6.00. The fraction of sp³-hybridized carbons (Fsp3) is 0.667. The highest BCUT2D eigenvalue weighted by atomic mass is 16.6. The first-order chi connectivity index (χ1) is 9.51. The molecular formula is C12H20N6O2. The Hall–Kier alpha value is -1.96. The van der Waals surface area contributed by atoms with Gasteiger partial charge in [0.05, 0.1) is 4.92 Å². The van der Waals surface area contributed by atoms with Crippen molar-refractivity contribution in [1.29, 1.82) is 0 Å². The van der Waals surface area contributed by atoms with Gasteiger partial charge in [0.25, 0.3) is 0 Å². The summed E-state index contributed by atoms with van der Waals surface area (Å²) in [6.07, 6.45) is 4.37. The molecule has 4 N–H and O–H groups in total. The summed E-state index contributed by atoms with van der Waals surface area (Å²) in [5, 5.41) is 14.2. The summed E-state index contributed by atoms with van der Waals surface area (Å²) in [4.78, 5) is 18.4. The van der Waals surface area contributed by atoms with Crippen LogP contribution in [-0.4, -0.2) is 20.9 Å². The molecule has 0 bridgehead atoms. The van der Waals surface area contributed by atoms with Crippen molar-refractivity contribution in [2.75, 3.05) is 10.7 Å². The van der Waals surface area contributed by atoms with Gasteiger partial charge in [-0.1, -0.05) is 13.8 Å². The number of nitrogen functional groups attached to an aromatic ring is 1. The van der Waals surface area contributed by atoms with E-state index in [9.17, 15) is 10.1 Å². The maximum absolute atomic E-state index is 11.0. The topological polar surface area (TPSA) is 119 Å². The van der Waals surface area contributed by atoms with E-state index in [1.54, 1.807) is 0 Å². The highest BCUT2D eigenvalue weighted by Gasteiger charge is 2.28. The highest BCUT2D eigenvalue weighted by Crippen LogP contribution is 2.32. The van der Waals surface area contributed by atoms with Crippen molar-refractivity contribution in [3.05, 3.63) is 16.3 Å². The van der Waals surface area contributed by atoms with Crippen LogP contribution in [0, 0.1) is 22.0 Å². The van der Waals surface area contributed by atoms with Crippen molar-refractivity contribution in [1.82, 2.24) is 9.97 Å². The molecule has 0 radical (unpaired) electrons. The molecule has 1 fully saturated rings. The third kappa shape index (κ3) is 3.13. The quantitative estimate of drug-likeness (QED) is 0.437. The van der Waals surface area contributed by atoms with E-state index in [0.717, 1.165) is 19.3 Å². The van der Waals surface area contributed by atoms with Crippen LogP contribution in [0.1, 0.15) is 33.1 Å². The van der Waals surface area contributed by atoms with Crippen LogP contribution in [0.5, 0.6) is 0 Å². The van der Waals surface area contributed by atoms with Gasteiger partial charge in [0.1, 0.15) is 6.20 Å². The molecule has 110 valence electrons. The van der Waals surface area contributed by atoms with Gasteiger partial charge < -0.3 is 5.32 Å². The van der Waals surface area contributed by atoms with E-state index in [1.165, 1.54) is 6.20 Å². The molecule has 3 unspecified atom stereocenters. The number of rotatable bonds is 4. The third-order valence-corrected chi connectivity index (χ3v) is 3.85. The van der Waals surface area contributed by atoms with Crippen LogP contribution in [0.25, 0.3) is 0 Å². The number of nitrogens with zero attached hydrogens (tertiary/aromatic N) is 3. The van der Waals surface area contributed by atoms with Crippen molar-refractivity contribution in [2.24, 2.45) is 17.7 Å². The number of nitrogens with one attached hydrogen (secondary N) is 2. The van der Waals surface area contributed by atoms with E-state index in [-0.39, 0.29) is 23.5 Å². The van der Waals surface area contributed by atoms with Gasteiger partial charge in [0.15, 0.2) is 0 Å². The average Bonchev–Trinajstić information content (AvgIpc) is 2.41. The van der Waals surface area contributed by atoms with Crippen molar-refractivity contribution >= 4 is 17.5 Å². The van der Waals surface area contributed by atoms with Gasteiger partial charge >= 0.3 is 5.69 Å². The average molecular weight is 280 g/mol. The van der Waals surface area contributed by atoms with Crippen molar-refractivity contribution < 1.29 is 4.92 Å². The Morgan fingerprint density at radius 2 is 2.20 bits per heavy atom. The van der Waals surface area contributed by atoms with E-state index < -0.39 is 4.92 Å². The number of anilines is 2. The summed E-state index contributed by atoms with van der Waals surface area (Å²) in [6.45, 7) is 4.39. The molecular weight excluding hydrogens is 260 g/mol. The molecule has 1 saturated carbocycles. The number of hydrogen-bond acceptors (Lipinski definition) is 7. The molecule has 1 heterocycles. The highest BCUT2D eigenvalue weighted by molar-refractivity contribution is 5.57. The van der Waals surface area contributed by atoms with Crippen LogP contribution in [0.3, 0.4) is 0 Å². The maximum atomic E-state index is 11.0. The Morgan fingerprint density at radius 1 is 1.45 bits per heavy atom. The lowest BCUT2D eigenvalue weighted by atomic mass is 9.80. The zero-order chi connectivity index (χ0) is 14.7. The summed E-state index contributed by atoms with van der Waals surface area (Å²) in [6, 6.07) is 0.186. The minimum atomic E-state index is -0.487. The van der Waals surface area contributed by atoms with E-state index >= 15 is 0 Å². The molecule has 1 aliphatic rings. The summed E-state index contributed by atoms with van der Waals surface area (Å²) in [5.41, 5.74) is 2.17. The number of hydrogen-bond donors (Lipinski definition) is 3. The Kier molecular flexibility index (Phi) is 4.33. The molecule has 2 rings (SSSR count). The number of nitrogens with two attached hydrogens (primary N) is 1. The minimum absolute atomic E-state index is 0.130. The molecule has 0 amide bonds. The van der Waals surface area contributed by atoms with Gasteiger partial charge in [-0.15, -0.1) is 0 Å². The van der Waals surface area contributed by atoms with Gasteiger partial charge in [0, 0.05) is 6.04 Å². The van der Waals surface area contributed by atoms with Crippen LogP contribution in [-0.2, 0) is 0 Å². The van der Waals surface area contributed by atoms with Crippen LogP contribution in [0.15, 0.2) is 6.20 Å². The van der Waals surface area contributed by atoms with Gasteiger partial charge in [-0.2, -0.15) is 4.98 Å². The zero-order valence-electron chi connectivity index (χ0n) is 11.7. The van der Waals surface area contributed by atoms with E-state index in [2.05, 4.69) is 34.6 Å². The molecule has 1 aromatic rings. The SMILES string of the molecule is CC1CCC(Nc2nc(NN)ncc2[N+](=O)[O-])C(C)C1. The van der Waals surface area contributed by atoms with Gasteiger partial charge in [-0.25, -0.2) is 10.8 Å². The summed E-state index contributed by atoms with van der Waals surface area (Å²) in [7, 11) is 0. The Labute approximate surface area is 117 Å². The molecule has 8 nitrogen and oxygen atoms in total. The first kappa shape index (κ1) is 14.4. The lowest BCUT2D eigenvalue weighted by Crippen LogP contribution is -2.33. The molecule has 20 heavy (non-hydrogen) atoms. The summed E-state index contributed by atoms with van der Waals surface area (Å²) >= 11 is 0. The van der Waals surface area contributed by atoms with Crippen LogP contribution in [0.2, 0.25) is 0 Å². The van der Waals surface area contributed by atoms with Crippen LogP contribution < -0.4 is 16.6 Å². The van der Waals surface area contributed by atoms with Crippen molar-refractivity contribution in [3.63, 3.8) is 0 Å². The second-order valence-electron chi connectivity index (χ2n) is 5.48. The lowest BCUT2D eigenvalue weighted by Gasteiger charge is -2.33. The predicted molar refractivity (Wildman–Crippen MR) is 76.1 cm³/mol. The molecule has 0 spiro atoms. The second-order valence-corrected chi connectivity index (χ2v) is 5.48. The van der Waals surface area contributed by atoms with Gasteiger partial charge in [-0.05, 0) is 31.1 Å². The Morgan fingerprint density at radius 3 is 2.80 bits per heavy atom. The number of hydrazine groups is 1. The van der Waals surface area contributed by atoms with Crippen LogP contribution >= 0.6 is 0 Å². The minimum Gasteiger partial charge on any atom is -0.361 e. The predicted octanol–water partition coefficient (Wildman–Crippen LogP) is 1.91. The van der Waals surface area contributed by atoms with E-state index in [4.69, 9.17) is 5.84 Å².